The maximum Gasteiger partial charge on any atom is 0.227 e. The first kappa shape index (κ1) is 21.9. The first-order valence-electron chi connectivity index (χ1n) is 8.02. The molecule has 0 aliphatic carbocycles. The fourth-order valence-corrected chi connectivity index (χ4v) is 2.33. The summed E-state index contributed by atoms with van der Waals surface area (Å²) in [4.78, 5) is 12.0. The van der Waals surface area contributed by atoms with E-state index in [2.05, 4.69) is 5.32 Å². The van der Waals surface area contributed by atoms with Gasteiger partial charge in [-0.3, -0.25) is 4.79 Å². The summed E-state index contributed by atoms with van der Waals surface area (Å²) in [5.41, 5.74) is 7.84. The number of hydrogen-bond donors (Lipinski definition) is 2. The van der Waals surface area contributed by atoms with Crippen LogP contribution in [0.3, 0.4) is 0 Å². The summed E-state index contributed by atoms with van der Waals surface area (Å²) in [7, 11) is 1.53. The third-order valence-electron chi connectivity index (χ3n) is 3.78. The van der Waals surface area contributed by atoms with Crippen LogP contribution in [0.1, 0.15) is 17.5 Å². The Morgan fingerprint density at radius 2 is 2.04 bits per heavy atom. The lowest BCUT2D eigenvalue weighted by molar-refractivity contribution is -0.118. The molecule has 0 radical (unpaired) electrons. The van der Waals surface area contributed by atoms with Crippen LogP contribution in [0, 0.1) is 12.7 Å². The molecule has 0 aromatic heterocycles. The fourth-order valence-electron chi connectivity index (χ4n) is 2.33. The topological polar surface area (TPSA) is 73.6 Å². The van der Waals surface area contributed by atoms with Crippen molar-refractivity contribution in [3.05, 3.63) is 59.4 Å². The van der Waals surface area contributed by atoms with Gasteiger partial charge in [-0.15, -0.1) is 12.4 Å². The number of nitrogens with one attached hydrogen (secondary N) is 1. The Morgan fingerprint density at radius 1 is 1.27 bits per heavy atom. The number of methoxy groups -OCH3 is 1. The van der Waals surface area contributed by atoms with Gasteiger partial charge in [0, 0.05) is 19.3 Å². The molecular weight excluding hydrogens is 359 g/mol. The fraction of sp³-hybridized carbons (Fsp3) is 0.316. The molecule has 1 unspecified atom stereocenters. The van der Waals surface area contributed by atoms with E-state index in [1.54, 1.807) is 24.3 Å². The van der Waals surface area contributed by atoms with Gasteiger partial charge in [0.15, 0.2) is 0 Å². The average molecular weight is 383 g/mol. The van der Waals surface area contributed by atoms with Crippen LogP contribution in [0.4, 0.5) is 10.1 Å². The van der Waals surface area contributed by atoms with Crippen molar-refractivity contribution in [2.75, 3.05) is 19.0 Å². The SMILES string of the molecule is COC(CN)CC(=O)Nc1ccc(OCc2cccc(F)c2)cc1C.Cl. The van der Waals surface area contributed by atoms with Crippen molar-refractivity contribution in [1.82, 2.24) is 0 Å². The number of carbonyl (C=O) groups is 1. The Hall–Kier alpha value is -2.15. The number of anilines is 1. The van der Waals surface area contributed by atoms with Gasteiger partial charge < -0.3 is 20.5 Å². The van der Waals surface area contributed by atoms with Gasteiger partial charge in [0.25, 0.3) is 0 Å². The molecule has 142 valence electrons. The summed E-state index contributed by atoms with van der Waals surface area (Å²) in [5, 5.41) is 2.84. The molecule has 0 fully saturated rings. The number of benzene rings is 2. The Balaban J connectivity index is 0.00000338. The third kappa shape index (κ3) is 6.63. The molecule has 0 aliphatic heterocycles. The summed E-state index contributed by atoms with van der Waals surface area (Å²) in [5.74, 6) is 0.201. The van der Waals surface area contributed by atoms with Crippen LogP contribution in [-0.2, 0) is 16.1 Å². The number of rotatable bonds is 8. The minimum atomic E-state index is -0.297. The number of hydrogen-bond acceptors (Lipinski definition) is 4. The van der Waals surface area contributed by atoms with Gasteiger partial charge in [-0.05, 0) is 48.4 Å². The van der Waals surface area contributed by atoms with Crippen LogP contribution in [0.2, 0.25) is 0 Å². The largest absolute Gasteiger partial charge is 0.489 e. The van der Waals surface area contributed by atoms with Crippen molar-refractivity contribution in [3.63, 3.8) is 0 Å². The van der Waals surface area contributed by atoms with Crippen LogP contribution in [0.25, 0.3) is 0 Å². The zero-order chi connectivity index (χ0) is 18.2. The maximum absolute atomic E-state index is 13.2. The summed E-state index contributed by atoms with van der Waals surface area (Å²) < 4.78 is 23.9. The first-order valence-corrected chi connectivity index (χ1v) is 8.02. The molecule has 3 N–H and O–H groups in total. The Bertz CT molecular complexity index is 724. The van der Waals surface area contributed by atoms with Crippen LogP contribution in [0.5, 0.6) is 5.75 Å². The zero-order valence-corrected chi connectivity index (χ0v) is 15.6. The van der Waals surface area contributed by atoms with E-state index >= 15 is 0 Å². The third-order valence-corrected chi connectivity index (χ3v) is 3.78. The molecule has 7 heteroatoms. The Kier molecular flexibility index (Phi) is 9.05. The number of amides is 1. The second kappa shape index (κ2) is 10.8. The summed E-state index contributed by atoms with van der Waals surface area (Å²) in [6.45, 7) is 2.44. The molecule has 26 heavy (non-hydrogen) atoms. The Morgan fingerprint density at radius 3 is 2.65 bits per heavy atom. The second-order valence-corrected chi connectivity index (χ2v) is 5.74. The zero-order valence-electron chi connectivity index (χ0n) is 14.8. The van der Waals surface area contributed by atoms with Gasteiger partial charge in [0.1, 0.15) is 18.2 Å². The quantitative estimate of drug-likeness (QED) is 0.733. The first-order chi connectivity index (χ1) is 12.0. The molecule has 5 nitrogen and oxygen atoms in total. The molecule has 0 aliphatic rings. The molecule has 1 amide bonds. The van der Waals surface area contributed by atoms with Crippen LogP contribution in [0.15, 0.2) is 42.5 Å². The number of halogens is 2. The van der Waals surface area contributed by atoms with E-state index in [1.807, 2.05) is 13.0 Å². The lowest BCUT2D eigenvalue weighted by atomic mass is 10.1. The predicted octanol–water partition coefficient (Wildman–Crippen LogP) is 3.44. The molecule has 0 heterocycles. The van der Waals surface area contributed by atoms with Gasteiger partial charge in [0.05, 0.1) is 12.5 Å². The molecule has 2 aromatic rings. The Labute approximate surface area is 159 Å². The van der Waals surface area contributed by atoms with Gasteiger partial charge in [0.2, 0.25) is 5.91 Å². The van der Waals surface area contributed by atoms with E-state index in [0.717, 1.165) is 11.1 Å². The molecule has 0 bridgehead atoms. The van der Waals surface area contributed by atoms with Gasteiger partial charge in [-0.1, -0.05) is 12.1 Å². The van der Waals surface area contributed by atoms with E-state index in [4.69, 9.17) is 15.2 Å². The highest BCUT2D eigenvalue weighted by atomic mass is 35.5. The number of aryl methyl sites for hydroxylation is 1. The summed E-state index contributed by atoms with van der Waals surface area (Å²) in [6, 6.07) is 11.6. The van der Waals surface area contributed by atoms with E-state index in [1.165, 1.54) is 19.2 Å². The number of nitrogens with two attached hydrogens (primary N) is 1. The van der Waals surface area contributed by atoms with E-state index in [9.17, 15) is 9.18 Å². The van der Waals surface area contributed by atoms with Gasteiger partial charge in [-0.25, -0.2) is 4.39 Å². The highest BCUT2D eigenvalue weighted by Crippen LogP contribution is 2.22. The van der Waals surface area contributed by atoms with Gasteiger partial charge in [-0.2, -0.15) is 0 Å². The van der Waals surface area contributed by atoms with E-state index < -0.39 is 0 Å². The normalized spacial score (nSPS) is 11.4. The highest BCUT2D eigenvalue weighted by Gasteiger charge is 2.12. The smallest absolute Gasteiger partial charge is 0.227 e. The standard InChI is InChI=1S/C19H23FN2O3.ClH/c1-13-8-16(25-12-14-4-3-5-15(20)9-14)6-7-18(13)22-19(23)10-17(11-21)24-2;/h3-9,17H,10-12,21H2,1-2H3,(H,22,23);1H. The summed E-state index contributed by atoms with van der Waals surface area (Å²) >= 11 is 0. The minimum Gasteiger partial charge on any atom is -0.489 e. The number of carbonyl (C=O) groups excluding carboxylic acids is 1. The van der Waals surface area contributed by atoms with E-state index in [-0.39, 0.29) is 49.8 Å². The van der Waals surface area contributed by atoms with Crippen LogP contribution < -0.4 is 15.8 Å². The van der Waals surface area contributed by atoms with Crippen molar-refractivity contribution in [1.29, 1.82) is 0 Å². The molecule has 2 rings (SSSR count). The lowest BCUT2D eigenvalue weighted by Crippen LogP contribution is -2.28. The predicted molar refractivity (Wildman–Crippen MR) is 102 cm³/mol. The minimum absolute atomic E-state index is 0. The van der Waals surface area contributed by atoms with Crippen LogP contribution in [-0.4, -0.2) is 25.7 Å². The molecule has 0 spiro atoms. The molecule has 0 saturated heterocycles. The monoisotopic (exact) mass is 382 g/mol. The van der Waals surface area contributed by atoms with Crippen molar-refractivity contribution < 1.29 is 18.7 Å². The molecular formula is C19H24ClFN2O3. The number of ether oxygens (including phenoxy) is 2. The second-order valence-electron chi connectivity index (χ2n) is 5.74. The van der Waals surface area contributed by atoms with Crippen molar-refractivity contribution >= 4 is 24.0 Å². The van der Waals surface area contributed by atoms with E-state index in [0.29, 0.717) is 11.4 Å². The van der Waals surface area contributed by atoms with Crippen molar-refractivity contribution in [2.24, 2.45) is 5.73 Å². The molecule has 1 atom stereocenters. The maximum atomic E-state index is 13.2. The van der Waals surface area contributed by atoms with Gasteiger partial charge >= 0.3 is 0 Å². The summed E-state index contributed by atoms with van der Waals surface area (Å²) in [6.07, 6.45) is -0.0984. The van der Waals surface area contributed by atoms with Crippen molar-refractivity contribution in [3.8, 4) is 5.75 Å². The lowest BCUT2D eigenvalue weighted by Gasteiger charge is -2.14. The van der Waals surface area contributed by atoms with Crippen LogP contribution >= 0.6 is 12.4 Å². The molecule has 2 aromatic carbocycles. The molecule has 0 saturated carbocycles. The highest BCUT2D eigenvalue weighted by molar-refractivity contribution is 5.91. The van der Waals surface area contributed by atoms with Crippen molar-refractivity contribution in [2.45, 2.75) is 26.1 Å². The average Bonchev–Trinajstić information content (AvgIpc) is 2.60.